The Hall–Kier alpha value is -1.35. The first-order chi connectivity index (χ1) is 10.1. The van der Waals surface area contributed by atoms with Crippen LogP contribution in [0.25, 0.3) is 0 Å². The van der Waals surface area contributed by atoms with Gasteiger partial charge >= 0.3 is 0 Å². The first-order valence-electron chi connectivity index (χ1n) is 8.16. The van der Waals surface area contributed by atoms with Crippen molar-refractivity contribution in [2.24, 2.45) is 11.8 Å². The molecule has 0 aliphatic heterocycles. The molecule has 1 fully saturated rings. The molecule has 3 nitrogen and oxygen atoms in total. The summed E-state index contributed by atoms with van der Waals surface area (Å²) in [5.74, 6) is 1.55. The highest BCUT2D eigenvalue weighted by Crippen LogP contribution is 2.29. The van der Waals surface area contributed by atoms with Gasteiger partial charge in [0.2, 0.25) is 0 Å². The molecule has 0 heterocycles. The number of carbonyl (C=O) groups excluding carboxylic acids is 1. The zero-order chi connectivity index (χ0) is 15.2. The lowest BCUT2D eigenvalue weighted by Gasteiger charge is -2.34. The molecule has 1 aromatic carbocycles. The van der Waals surface area contributed by atoms with Crippen molar-refractivity contribution in [2.75, 3.05) is 13.1 Å². The van der Waals surface area contributed by atoms with Crippen LogP contribution in [0.1, 0.15) is 49.0 Å². The van der Waals surface area contributed by atoms with Gasteiger partial charge in [0, 0.05) is 24.7 Å². The van der Waals surface area contributed by atoms with Gasteiger partial charge in [0.05, 0.1) is 0 Å². The molecule has 116 valence electrons. The monoisotopic (exact) mass is 288 g/mol. The van der Waals surface area contributed by atoms with E-state index in [0.717, 1.165) is 23.9 Å². The van der Waals surface area contributed by atoms with Crippen molar-refractivity contribution >= 4 is 5.91 Å². The summed E-state index contributed by atoms with van der Waals surface area (Å²) >= 11 is 0. The molecule has 3 heteroatoms. The smallest absolute Gasteiger partial charge is 0.251 e. The van der Waals surface area contributed by atoms with Gasteiger partial charge in [-0.05, 0) is 37.3 Å². The zero-order valence-electron chi connectivity index (χ0n) is 13.5. The van der Waals surface area contributed by atoms with Crippen LogP contribution in [0.3, 0.4) is 0 Å². The van der Waals surface area contributed by atoms with Crippen LogP contribution in [0.5, 0.6) is 0 Å². The molecule has 21 heavy (non-hydrogen) atoms. The lowest BCUT2D eigenvalue weighted by molar-refractivity contribution is 0.0952. The van der Waals surface area contributed by atoms with E-state index >= 15 is 0 Å². The molecular formula is C18H28N2O. The van der Waals surface area contributed by atoms with E-state index in [0.29, 0.717) is 12.6 Å². The highest BCUT2D eigenvalue weighted by molar-refractivity contribution is 5.94. The van der Waals surface area contributed by atoms with Gasteiger partial charge < -0.3 is 10.6 Å². The lowest BCUT2D eigenvalue weighted by Crippen LogP contribution is -2.43. The Morgan fingerprint density at radius 1 is 1.14 bits per heavy atom. The van der Waals surface area contributed by atoms with Crippen LogP contribution in [-0.2, 0) is 0 Å². The number of nitrogens with one attached hydrogen (secondary N) is 2. The second-order valence-electron chi connectivity index (χ2n) is 6.45. The highest BCUT2D eigenvalue weighted by Gasteiger charge is 2.26. The maximum Gasteiger partial charge on any atom is 0.251 e. The van der Waals surface area contributed by atoms with E-state index in [1.54, 1.807) is 0 Å². The molecule has 0 radical (unpaired) electrons. The fourth-order valence-corrected chi connectivity index (χ4v) is 3.11. The first-order valence-corrected chi connectivity index (χ1v) is 8.16. The molecular weight excluding hydrogens is 260 g/mol. The fraction of sp³-hybridized carbons (Fsp3) is 0.611. The van der Waals surface area contributed by atoms with Crippen LogP contribution < -0.4 is 10.6 Å². The van der Waals surface area contributed by atoms with Gasteiger partial charge in [-0.25, -0.2) is 0 Å². The fourth-order valence-electron chi connectivity index (χ4n) is 3.11. The van der Waals surface area contributed by atoms with E-state index in [4.69, 9.17) is 0 Å². The Morgan fingerprint density at radius 2 is 1.86 bits per heavy atom. The second kappa shape index (κ2) is 7.60. The molecule has 1 amide bonds. The summed E-state index contributed by atoms with van der Waals surface area (Å²) in [4.78, 5) is 12.0. The molecule has 0 bridgehead atoms. The van der Waals surface area contributed by atoms with E-state index in [9.17, 15) is 4.79 Å². The van der Waals surface area contributed by atoms with Gasteiger partial charge in [-0.3, -0.25) is 4.79 Å². The Bertz CT molecular complexity index is 455. The number of benzene rings is 1. The van der Waals surface area contributed by atoms with Crippen LogP contribution >= 0.6 is 0 Å². The SMILES string of the molecule is Cc1ccc(C(=O)NCCNC2CCCC(C)C2C)cc1. The minimum atomic E-state index is 0.0156. The van der Waals surface area contributed by atoms with E-state index in [2.05, 4.69) is 24.5 Å². The number of hydrogen-bond donors (Lipinski definition) is 2. The Balaban J connectivity index is 1.69. The van der Waals surface area contributed by atoms with Crippen molar-refractivity contribution < 1.29 is 4.79 Å². The van der Waals surface area contributed by atoms with Crippen molar-refractivity contribution in [2.45, 2.75) is 46.1 Å². The van der Waals surface area contributed by atoms with E-state index in [1.165, 1.54) is 24.8 Å². The Morgan fingerprint density at radius 3 is 2.57 bits per heavy atom. The van der Waals surface area contributed by atoms with Crippen molar-refractivity contribution in [1.29, 1.82) is 0 Å². The average Bonchev–Trinajstić information content (AvgIpc) is 2.48. The van der Waals surface area contributed by atoms with Crippen molar-refractivity contribution in [1.82, 2.24) is 10.6 Å². The molecule has 3 atom stereocenters. The van der Waals surface area contributed by atoms with E-state index in [-0.39, 0.29) is 5.91 Å². The predicted molar refractivity (Wildman–Crippen MR) is 87.5 cm³/mol. The summed E-state index contributed by atoms with van der Waals surface area (Å²) in [6.45, 7) is 8.24. The molecule has 1 aliphatic rings. The van der Waals surface area contributed by atoms with Crippen LogP contribution in [-0.4, -0.2) is 25.0 Å². The van der Waals surface area contributed by atoms with Crippen molar-refractivity contribution in [3.63, 3.8) is 0 Å². The lowest BCUT2D eigenvalue weighted by atomic mass is 9.78. The quantitative estimate of drug-likeness (QED) is 0.817. The normalized spacial score (nSPS) is 25.6. The molecule has 0 saturated heterocycles. The largest absolute Gasteiger partial charge is 0.351 e. The van der Waals surface area contributed by atoms with Gasteiger partial charge in [-0.15, -0.1) is 0 Å². The third-order valence-electron chi connectivity index (χ3n) is 4.84. The van der Waals surface area contributed by atoms with Crippen LogP contribution in [0.15, 0.2) is 24.3 Å². The van der Waals surface area contributed by atoms with Gasteiger partial charge in [0.15, 0.2) is 0 Å². The molecule has 1 saturated carbocycles. The summed E-state index contributed by atoms with van der Waals surface area (Å²) in [7, 11) is 0. The number of carbonyl (C=O) groups is 1. The number of amides is 1. The van der Waals surface area contributed by atoms with Gasteiger partial charge in [0.1, 0.15) is 0 Å². The van der Waals surface area contributed by atoms with E-state index < -0.39 is 0 Å². The van der Waals surface area contributed by atoms with Crippen molar-refractivity contribution in [3.05, 3.63) is 35.4 Å². The average molecular weight is 288 g/mol. The second-order valence-corrected chi connectivity index (χ2v) is 6.45. The highest BCUT2D eigenvalue weighted by atomic mass is 16.1. The Kier molecular flexibility index (Phi) is 5.80. The van der Waals surface area contributed by atoms with Gasteiger partial charge in [-0.1, -0.05) is 44.4 Å². The van der Waals surface area contributed by atoms with Crippen LogP contribution in [0, 0.1) is 18.8 Å². The summed E-state index contributed by atoms with van der Waals surface area (Å²) in [6.07, 6.45) is 3.93. The zero-order valence-corrected chi connectivity index (χ0v) is 13.5. The molecule has 2 N–H and O–H groups in total. The maximum atomic E-state index is 12.0. The first kappa shape index (κ1) is 16.0. The molecule has 3 unspecified atom stereocenters. The number of rotatable bonds is 5. The van der Waals surface area contributed by atoms with Crippen LogP contribution in [0.2, 0.25) is 0 Å². The minimum absolute atomic E-state index is 0.0156. The standard InChI is InChI=1S/C18H28N2O/c1-13-7-9-16(10-8-13)18(21)20-12-11-19-17-6-4-5-14(2)15(17)3/h7-10,14-15,17,19H,4-6,11-12H2,1-3H3,(H,20,21). The Labute approximate surface area is 128 Å². The summed E-state index contributed by atoms with van der Waals surface area (Å²) < 4.78 is 0. The molecule has 1 aromatic rings. The summed E-state index contributed by atoms with van der Waals surface area (Å²) in [5.41, 5.74) is 1.91. The third kappa shape index (κ3) is 4.57. The van der Waals surface area contributed by atoms with Crippen molar-refractivity contribution in [3.8, 4) is 0 Å². The van der Waals surface area contributed by atoms with Crippen LogP contribution in [0.4, 0.5) is 0 Å². The van der Waals surface area contributed by atoms with Gasteiger partial charge in [0.25, 0.3) is 5.91 Å². The molecule has 2 rings (SSSR count). The van der Waals surface area contributed by atoms with E-state index in [1.807, 2.05) is 31.2 Å². The van der Waals surface area contributed by atoms with Gasteiger partial charge in [-0.2, -0.15) is 0 Å². The number of hydrogen-bond acceptors (Lipinski definition) is 2. The number of aryl methyl sites for hydroxylation is 1. The molecule has 0 spiro atoms. The maximum absolute atomic E-state index is 12.0. The predicted octanol–water partition coefficient (Wildman–Crippen LogP) is 3.14. The molecule has 1 aliphatic carbocycles. The molecule has 0 aromatic heterocycles. The summed E-state index contributed by atoms with van der Waals surface area (Å²) in [6, 6.07) is 8.30. The third-order valence-corrected chi connectivity index (χ3v) is 4.84. The summed E-state index contributed by atoms with van der Waals surface area (Å²) in [5, 5.41) is 6.59. The topological polar surface area (TPSA) is 41.1 Å². The minimum Gasteiger partial charge on any atom is -0.351 e.